The van der Waals surface area contributed by atoms with Crippen LogP contribution in [-0.4, -0.2) is 53.2 Å². The molecule has 2 atom stereocenters. The summed E-state index contributed by atoms with van der Waals surface area (Å²) in [5.74, 6) is -0.260. The molecule has 30 heavy (non-hydrogen) atoms. The Morgan fingerprint density at radius 3 is 2.53 bits per heavy atom. The molecule has 0 aliphatic carbocycles. The van der Waals surface area contributed by atoms with Crippen molar-refractivity contribution in [2.45, 2.75) is 51.5 Å². The third-order valence-corrected chi connectivity index (χ3v) is 4.80. The largest absolute Gasteiger partial charge is 0.390 e. The molecule has 1 N–H and O–H groups in total. The minimum Gasteiger partial charge on any atom is -0.390 e. The summed E-state index contributed by atoms with van der Waals surface area (Å²) in [4.78, 5) is 7.79. The fourth-order valence-electron chi connectivity index (χ4n) is 3.36. The maximum Gasteiger partial charge on any atom is 0.145 e. The Morgan fingerprint density at radius 1 is 1.17 bits per heavy atom. The van der Waals surface area contributed by atoms with E-state index < -0.39 is 6.10 Å². The summed E-state index contributed by atoms with van der Waals surface area (Å²) in [6.45, 7) is 7.74. The number of halogens is 1. The molecule has 1 aliphatic rings. The van der Waals surface area contributed by atoms with E-state index in [2.05, 4.69) is 10.1 Å². The summed E-state index contributed by atoms with van der Waals surface area (Å²) in [6, 6.07) is 16.4. The predicted molar refractivity (Wildman–Crippen MR) is 116 cm³/mol. The lowest BCUT2D eigenvalue weighted by atomic mass is 10.0. The number of oxime groups is 1. The van der Waals surface area contributed by atoms with Crippen LogP contribution in [0.5, 0.6) is 0 Å². The molecular weight excluding hydrogens is 383 g/mol. The van der Waals surface area contributed by atoms with Gasteiger partial charge in [-0.3, -0.25) is 4.90 Å². The molecule has 0 saturated heterocycles. The number of rotatable bonds is 9. The molecule has 5 nitrogen and oxygen atoms in total. The van der Waals surface area contributed by atoms with Crippen molar-refractivity contribution < 1.29 is 19.1 Å². The number of nitrogens with zero attached hydrogens (tertiary/aromatic N) is 2. The average Bonchev–Trinajstić information content (AvgIpc) is 3.17. The SMILES string of the molecule is CC(C)(C)OC[C@@H](O)CN(Cc1ccc(F)cc1)C[C@@H]1CC(c2ccccc2)=NO1. The predicted octanol–water partition coefficient (Wildman–Crippen LogP) is 4.00. The van der Waals surface area contributed by atoms with E-state index in [1.165, 1.54) is 12.1 Å². The fraction of sp³-hybridized carbons (Fsp3) is 0.458. The third-order valence-electron chi connectivity index (χ3n) is 4.80. The molecule has 1 aliphatic heterocycles. The first-order chi connectivity index (χ1) is 14.3. The number of hydrogen-bond acceptors (Lipinski definition) is 5. The van der Waals surface area contributed by atoms with Gasteiger partial charge in [0.1, 0.15) is 11.9 Å². The van der Waals surface area contributed by atoms with Gasteiger partial charge in [0.2, 0.25) is 0 Å². The van der Waals surface area contributed by atoms with Gasteiger partial charge in [0.25, 0.3) is 0 Å². The first-order valence-corrected chi connectivity index (χ1v) is 10.4. The summed E-state index contributed by atoms with van der Waals surface area (Å²) in [6.07, 6.45) is -0.0320. The highest BCUT2D eigenvalue weighted by Crippen LogP contribution is 2.19. The molecule has 0 fully saturated rings. The first kappa shape index (κ1) is 22.4. The quantitative estimate of drug-likeness (QED) is 0.674. The Hall–Kier alpha value is -2.28. The van der Waals surface area contributed by atoms with Crippen LogP contribution in [0.3, 0.4) is 0 Å². The lowest BCUT2D eigenvalue weighted by Crippen LogP contribution is -2.40. The van der Waals surface area contributed by atoms with Gasteiger partial charge in [0.05, 0.1) is 24.0 Å². The van der Waals surface area contributed by atoms with Crippen molar-refractivity contribution in [1.82, 2.24) is 4.90 Å². The van der Waals surface area contributed by atoms with Gasteiger partial charge in [-0.2, -0.15) is 0 Å². The van der Waals surface area contributed by atoms with E-state index in [1.54, 1.807) is 12.1 Å². The highest BCUT2D eigenvalue weighted by molar-refractivity contribution is 6.01. The zero-order valence-corrected chi connectivity index (χ0v) is 17.9. The minimum absolute atomic E-state index is 0.101. The Kier molecular flexibility index (Phi) is 7.58. The van der Waals surface area contributed by atoms with Crippen LogP contribution in [0.25, 0.3) is 0 Å². The van der Waals surface area contributed by atoms with Crippen molar-refractivity contribution in [1.29, 1.82) is 0 Å². The number of hydrogen-bond donors (Lipinski definition) is 1. The van der Waals surface area contributed by atoms with Crippen LogP contribution in [0.4, 0.5) is 4.39 Å². The Labute approximate surface area is 178 Å². The van der Waals surface area contributed by atoms with Crippen molar-refractivity contribution >= 4 is 5.71 Å². The van der Waals surface area contributed by atoms with Crippen molar-refractivity contribution in [3.63, 3.8) is 0 Å². The van der Waals surface area contributed by atoms with Crippen LogP contribution in [0.15, 0.2) is 59.8 Å². The summed E-state index contributed by atoms with van der Waals surface area (Å²) in [7, 11) is 0. The van der Waals surface area contributed by atoms with Gasteiger partial charge in [-0.05, 0) is 44.0 Å². The number of aliphatic hydroxyl groups excluding tert-OH is 1. The molecule has 0 amide bonds. The molecule has 0 spiro atoms. The summed E-state index contributed by atoms with van der Waals surface area (Å²) in [5.41, 5.74) is 2.65. The molecule has 0 unspecified atom stereocenters. The molecule has 2 aromatic carbocycles. The van der Waals surface area contributed by atoms with Gasteiger partial charge in [-0.25, -0.2) is 4.39 Å². The fourth-order valence-corrected chi connectivity index (χ4v) is 3.36. The van der Waals surface area contributed by atoms with Gasteiger partial charge in [0.15, 0.2) is 0 Å². The summed E-state index contributed by atoms with van der Waals surface area (Å²) < 4.78 is 19.0. The molecule has 0 saturated carbocycles. The van der Waals surface area contributed by atoms with Crippen LogP contribution >= 0.6 is 0 Å². The van der Waals surface area contributed by atoms with Crippen molar-refractivity contribution in [3.8, 4) is 0 Å². The van der Waals surface area contributed by atoms with Crippen LogP contribution in [0.1, 0.15) is 38.3 Å². The average molecular weight is 415 g/mol. The monoisotopic (exact) mass is 414 g/mol. The summed E-state index contributed by atoms with van der Waals surface area (Å²) in [5, 5.41) is 14.8. The highest BCUT2D eigenvalue weighted by Gasteiger charge is 2.26. The second-order valence-electron chi connectivity index (χ2n) is 8.73. The van der Waals surface area contributed by atoms with E-state index in [4.69, 9.17) is 9.57 Å². The normalized spacial score (nSPS) is 17.7. The van der Waals surface area contributed by atoms with E-state index in [1.807, 2.05) is 51.1 Å². The second kappa shape index (κ2) is 10.2. The highest BCUT2D eigenvalue weighted by atomic mass is 19.1. The molecule has 0 bridgehead atoms. The minimum atomic E-state index is -0.638. The van der Waals surface area contributed by atoms with Gasteiger partial charge in [-0.15, -0.1) is 0 Å². The second-order valence-corrected chi connectivity index (χ2v) is 8.73. The maximum absolute atomic E-state index is 13.3. The van der Waals surface area contributed by atoms with Crippen molar-refractivity contribution in [3.05, 3.63) is 71.5 Å². The molecule has 162 valence electrons. The van der Waals surface area contributed by atoms with E-state index in [9.17, 15) is 9.50 Å². The van der Waals surface area contributed by atoms with Gasteiger partial charge < -0.3 is 14.7 Å². The van der Waals surface area contributed by atoms with Gasteiger partial charge >= 0.3 is 0 Å². The smallest absolute Gasteiger partial charge is 0.145 e. The zero-order valence-electron chi connectivity index (χ0n) is 17.9. The maximum atomic E-state index is 13.3. The van der Waals surface area contributed by atoms with E-state index in [-0.39, 0.29) is 24.1 Å². The van der Waals surface area contributed by atoms with Crippen LogP contribution < -0.4 is 0 Å². The van der Waals surface area contributed by atoms with Crippen LogP contribution in [-0.2, 0) is 16.1 Å². The number of ether oxygens (including phenoxy) is 1. The van der Waals surface area contributed by atoms with Gasteiger partial charge in [-0.1, -0.05) is 47.6 Å². The van der Waals surface area contributed by atoms with Gasteiger partial charge in [0, 0.05) is 26.1 Å². The van der Waals surface area contributed by atoms with E-state index in [0.717, 1.165) is 16.8 Å². The number of aliphatic hydroxyl groups is 1. The molecule has 0 radical (unpaired) electrons. The lowest BCUT2D eigenvalue weighted by Gasteiger charge is -2.28. The van der Waals surface area contributed by atoms with Crippen LogP contribution in [0.2, 0.25) is 0 Å². The molecule has 2 aromatic rings. The molecular formula is C24H31FN2O3. The lowest BCUT2D eigenvalue weighted by molar-refractivity contribution is -0.0600. The number of benzene rings is 2. The Morgan fingerprint density at radius 2 is 1.87 bits per heavy atom. The van der Waals surface area contributed by atoms with Crippen molar-refractivity contribution in [2.75, 3.05) is 19.7 Å². The molecule has 6 heteroatoms. The Bertz CT molecular complexity index is 819. The van der Waals surface area contributed by atoms with E-state index >= 15 is 0 Å². The van der Waals surface area contributed by atoms with E-state index in [0.29, 0.717) is 26.1 Å². The zero-order chi connectivity index (χ0) is 21.6. The first-order valence-electron chi connectivity index (χ1n) is 10.4. The molecule has 1 heterocycles. The molecule has 0 aromatic heterocycles. The van der Waals surface area contributed by atoms with Crippen LogP contribution in [0, 0.1) is 5.82 Å². The standard InChI is InChI=1S/C24H31FN2O3/c1-24(2,3)29-17-21(28)15-27(14-18-9-11-20(25)12-10-18)16-22-13-23(26-30-22)19-7-5-4-6-8-19/h4-12,21-22,28H,13-17H2,1-3H3/t21-,22-/m0/s1. The molecule has 3 rings (SSSR count). The Balaban J connectivity index is 1.61. The van der Waals surface area contributed by atoms with Crippen molar-refractivity contribution in [2.24, 2.45) is 5.16 Å². The topological polar surface area (TPSA) is 54.3 Å². The third kappa shape index (κ3) is 7.20. The summed E-state index contributed by atoms with van der Waals surface area (Å²) >= 11 is 0.